The molecule has 0 aromatic heterocycles. The van der Waals surface area contributed by atoms with Gasteiger partial charge in [0.15, 0.2) is 0 Å². The van der Waals surface area contributed by atoms with Crippen molar-refractivity contribution in [3.8, 4) is 11.5 Å². The number of para-hydroxylation sites is 2. The number of hydrogen-bond acceptors (Lipinski definition) is 6. The van der Waals surface area contributed by atoms with Crippen molar-refractivity contribution in [1.82, 2.24) is 10.2 Å². The van der Waals surface area contributed by atoms with Gasteiger partial charge in [0.05, 0.1) is 25.7 Å². The molecule has 1 N–H and O–H groups in total. The number of anilines is 1. The average molecular weight is 506 g/mol. The summed E-state index contributed by atoms with van der Waals surface area (Å²) in [6.45, 7) is 5.81. The first kappa shape index (κ1) is 28.0. The van der Waals surface area contributed by atoms with E-state index in [0.29, 0.717) is 31.1 Å². The average Bonchev–Trinajstić information content (AvgIpc) is 2.83. The Balaban J connectivity index is 2.46. The van der Waals surface area contributed by atoms with Crippen molar-refractivity contribution in [2.45, 2.75) is 39.8 Å². The number of carbonyl (C=O) groups is 2. The second-order valence-electron chi connectivity index (χ2n) is 7.86. The summed E-state index contributed by atoms with van der Waals surface area (Å²) in [7, 11) is -2.28. The Morgan fingerprint density at radius 2 is 1.69 bits per heavy atom. The third kappa shape index (κ3) is 7.61. The summed E-state index contributed by atoms with van der Waals surface area (Å²) in [6.07, 6.45) is 1.40. The first-order chi connectivity index (χ1) is 16.7. The van der Waals surface area contributed by atoms with Gasteiger partial charge in [-0.15, -0.1) is 0 Å². The number of rotatable bonds is 13. The predicted molar refractivity (Wildman–Crippen MR) is 136 cm³/mol. The molecule has 0 saturated heterocycles. The van der Waals surface area contributed by atoms with Crippen LogP contribution in [-0.4, -0.2) is 64.2 Å². The zero-order chi connectivity index (χ0) is 26.0. The number of amides is 2. The molecule has 2 amide bonds. The van der Waals surface area contributed by atoms with E-state index in [-0.39, 0.29) is 18.1 Å². The normalized spacial score (nSPS) is 11.9. The van der Waals surface area contributed by atoms with E-state index < -0.39 is 28.5 Å². The minimum Gasteiger partial charge on any atom is -0.497 e. The van der Waals surface area contributed by atoms with Crippen LogP contribution in [0.5, 0.6) is 11.5 Å². The lowest BCUT2D eigenvalue weighted by atomic mass is 10.1. The minimum absolute atomic E-state index is 0.128. The van der Waals surface area contributed by atoms with Crippen LogP contribution in [0, 0.1) is 0 Å². The molecule has 0 unspecified atom stereocenters. The van der Waals surface area contributed by atoms with Crippen molar-refractivity contribution in [3.05, 3.63) is 54.1 Å². The number of carbonyl (C=O) groups excluding carboxylic acids is 2. The molecule has 0 aliphatic carbocycles. The number of hydrogen-bond donors (Lipinski definition) is 1. The van der Waals surface area contributed by atoms with Crippen molar-refractivity contribution in [2.24, 2.45) is 0 Å². The van der Waals surface area contributed by atoms with Gasteiger partial charge >= 0.3 is 0 Å². The lowest BCUT2D eigenvalue weighted by molar-refractivity contribution is -0.140. The third-order valence-electron chi connectivity index (χ3n) is 5.36. The van der Waals surface area contributed by atoms with Gasteiger partial charge in [0.2, 0.25) is 21.8 Å². The SMILES string of the molecule is CCNC(=O)[C@@H](CC)N(Cc1ccc(OC)cc1)C(=O)CN(c1ccccc1OCC)S(C)(=O)=O. The molecule has 2 rings (SSSR count). The van der Waals surface area contributed by atoms with Crippen LogP contribution >= 0.6 is 0 Å². The fraction of sp³-hybridized carbons (Fsp3) is 0.440. The second kappa shape index (κ2) is 13.0. The summed E-state index contributed by atoms with van der Waals surface area (Å²) < 4.78 is 37.3. The summed E-state index contributed by atoms with van der Waals surface area (Å²) in [5.74, 6) is 0.219. The number of ether oxygens (including phenoxy) is 2. The molecule has 10 heteroatoms. The smallest absolute Gasteiger partial charge is 0.244 e. The molecule has 192 valence electrons. The van der Waals surface area contributed by atoms with Crippen molar-refractivity contribution in [3.63, 3.8) is 0 Å². The van der Waals surface area contributed by atoms with E-state index >= 15 is 0 Å². The number of sulfonamides is 1. The highest BCUT2D eigenvalue weighted by Crippen LogP contribution is 2.30. The van der Waals surface area contributed by atoms with Gasteiger partial charge in [-0.3, -0.25) is 13.9 Å². The highest BCUT2D eigenvalue weighted by atomic mass is 32.2. The lowest BCUT2D eigenvalue weighted by Gasteiger charge is -2.33. The highest BCUT2D eigenvalue weighted by molar-refractivity contribution is 7.92. The fourth-order valence-corrected chi connectivity index (χ4v) is 4.53. The number of methoxy groups -OCH3 is 1. The van der Waals surface area contributed by atoms with Crippen LogP contribution in [0.4, 0.5) is 5.69 Å². The second-order valence-corrected chi connectivity index (χ2v) is 9.77. The molecule has 0 fully saturated rings. The van der Waals surface area contributed by atoms with Gasteiger partial charge in [-0.2, -0.15) is 0 Å². The van der Waals surface area contributed by atoms with Crippen LogP contribution < -0.4 is 19.1 Å². The van der Waals surface area contributed by atoms with Gasteiger partial charge in [0.1, 0.15) is 24.1 Å². The lowest BCUT2D eigenvalue weighted by Crippen LogP contribution is -2.52. The largest absolute Gasteiger partial charge is 0.497 e. The zero-order valence-electron chi connectivity index (χ0n) is 21.0. The van der Waals surface area contributed by atoms with Crippen LogP contribution in [0.2, 0.25) is 0 Å². The molecular formula is C25H35N3O6S. The van der Waals surface area contributed by atoms with Crippen LogP contribution in [0.15, 0.2) is 48.5 Å². The van der Waals surface area contributed by atoms with Crippen molar-refractivity contribution < 1.29 is 27.5 Å². The van der Waals surface area contributed by atoms with Gasteiger partial charge in [-0.1, -0.05) is 31.2 Å². The monoisotopic (exact) mass is 505 g/mol. The molecule has 2 aromatic rings. The third-order valence-corrected chi connectivity index (χ3v) is 6.49. The number of likely N-dealkylation sites (N-methyl/N-ethyl adjacent to an activating group) is 1. The molecule has 0 saturated carbocycles. The summed E-state index contributed by atoms with van der Waals surface area (Å²) >= 11 is 0. The molecule has 2 aromatic carbocycles. The maximum absolute atomic E-state index is 13.7. The Labute approximate surface area is 208 Å². The van der Waals surface area contributed by atoms with E-state index in [9.17, 15) is 18.0 Å². The van der Waals surface area contributed by atoms with Gasteiger partial charge in [0, 0.05) is 13.1 Å². The number of nitrogens with zero attached hydrogens (tertiary/aromatic N) is 2. The molecule has 0 aliphatic heterocycles. The summed E-state index contributed by atoms with van der Waals surface area (Å²) in [4.78, 5) is 27.9. The Hall–Kier alpha value is -3.27. The molecule has 1 atom stereocenters. The fourth-order valence-electron chi connectivity index (χ4n) is 3.67. The topological polar surface area (TPSA) is 105 Å². The zero-order valence-corrected chi connectivity index (χ0v) is 21.8. The van der Waals surface area contributed by atoms with E-state index in [4.69, 9.17) is 9.47 Å². The first-order valence-corrected chi connectivity index (χ1v) is 13.4. The van der Waals surface area contributed by atoms with E-state index in [1.165, 1.54) is 4.90 Å². The Kier molecular flexibility index (Phi) is 10.4. The summed E-state index contributed by atoms with van der Waals surface area (Å²) in [5.41, 5.74) is 1.04. The molecule has 0 spiro atoms. The minimum atomic E-state index is -3.84. The predicted octanol–water partition coefficient (Wildman–Crippen LogP) is 2.80. The van der Waals surface area contributed by atoms with E-state index in [1.54, 1.807) is 57.4 Å². The van der Waals surface area contributed by atoms with Gasteiger partial charge in [-0.05, 0) is 50.1 Å². The van der Waals surface area contributed by atoms with Crippen molar-refractivity contribution in [1.29, 1.82) is 0 Å². The molecule has 0 radical (unpaired) electrons. The van der Waals surface area contributed by atoms with Crippen LogP contribution in [0.1, 0.15) is 32.8 Å². The van der Waals surface area contributed by atoms with Crippen LogP contribution in [0.25, 0.3) is 0 Å². The molecule has 0 aliphatic rings. The van der Waals surface area contributed by atoms with Crippen molar-refractivity contribution >= 4 is 27.5 Å². The Morgan fingerprint density at radius 1 is 1.03 bits per heavy atom. The molecule has 0 bridgehead atoms. The van der Waals surface area contributed by atoms with E-state index in [0.717, 1.165) is 16.1 Å². The standard InChI is InChI=1S/C25H35N3O6S/c1-6-21(25(30)26-7-2)27(17-19-13-15-20(33-4)16-14-19)24(29)18-28(35(5,31)32)22-11-9-10-12-23(22)34-8-3/h9-16,21H,6-8,17-18H2,1-5H3,(H,26,30)/t21-/m1/s1. The Morgan fingerprint density at radius 3 is 2.23 bits per heavy atom. The quantitative estimate of drug-likeness (QED) is 0.449. The molecular weight excluding hydrogens is 470 g/mol. The maximum atomic E-state index is 13.7. The highest BCUT2D eigenvalue weighted by Gasteiger charge is 2.32. The number of nitrogens with one attached hydrogen (secondary N) is 1. The summed E-state index contributed by atoms with van der Waals surface area (Å²) in [5, 5.41) is 2.77. The molecule has 9 nitrogen and oxygen atoms in total. The molecule has 35 heavy (non-hydrogen) atoms. The first-order valence-electron chi connectivity index (χ1n) is 11.6. The molecule has 0 heterocycles. The van der Waals surface area contributed by atoms with E-state index in [2.05, 4.69) is 5.32 Å². The van der Waals surface area contributed by atoms with Crippen LogP contribution in [-0.2, 0) is 26.2 Å². The van der Waals surface area contributed by atoms with Gasteiger partial charge < -0.3 is 19.7 Å². The van der Waals surface area contributed by atoms with E-state index in [1.807, 2.05) is 19.1 Å². The summed E-state index contributed by atoms with van der Waals surface area (Å²) in [6, 6.07) is 13.0. The van der Waals surface area contributed by atoms with Crippen molar-refractivity contribution in [2.75, 3.05) is 37.4 Å². The Bertz CT molecular complexity index is 1090. The number of benzene rings is 2. The van der Waals surface area contributed by atoms with Gasteiger partial charge in [-0.25, -0.2) is 8.42 Å². The van der Waals surface area contributed by atoms with Gasteiger partial charge in [0.25, 0.3) is 0 Å². The van der Waals surface area contributed by atoms with Crippen LogP contribution in [0.3, 0.4) is 0 Å². The maximum Gasteiger partial charge on any atom is 0.244 e.